The van der Waals surface area contributed by atoms with Crippen LogP contribution >= 0.6 is 0 Å². The Balaban J connectivity index is 1.72. The van der Waals surface area contributed by atoms with Crippen molar-refractivity contribution in [1.82, 2.24) is 0 Å². The van der Waals surface area contributed by atoms with Crippen LogP contribution in [0.25, 0.3) is 21.5 Å². The summed E-state index contributed by atoms with van der Waals surface area (Å²) < 4.78 is 10.3. The Bertz CT molecular complexity index is 1000. The molecule has 0 aliphatic carbocycles. The molecule has 0 spiro atoms. The van der Waals surface area contributed by atoms with Crippen LogP contribution in [-0.2, 0) is 16.0 Å². The monoisotopic (exact) mass is 363 g/mol. The van der Waals surface area contributed by atoms with E-state index in [1.54, 1.807) is 0 Å². The quantitative estimate of drug-likeness (QED) is 0.149. The minimum absolute atomic E-state index is 0.0703. The summed E-state index contributed by atoms with van der Waals surface area (Å²) in [6, 6.07) is 16.5. The van der Waals surface area contributed by atoms with E-state index in [1.807, 2.05) is 18.2 Å². The van der Waals surface area contributed by atoms with Gasteiger partial charge in [0.1, 0.15) is 0 Å². The van der Waals surface area contributed by atoms with Gasteiger partial charge in [0.25, 0.3) is 0 Å². The molecule has 0 aliphatic heterocycles. The lowest BCUT2D eigenvalue weighted by atomic mass is 9.98. The predicted octanol–water partition coefficient (Wildman–Crippen LogP) is 4.95. The van der Waals surface area contributed by atoms with Gasteiger partial charge < -0.3 is 9.53 Å². The Labute approximate surface area is 158 Å². The zero-order valence-electron chi connectivity index (χ0n) is 15.4. The van der Waals surface area contributed by atoms with E-state index in [2.05, 4.69) is 36.9 Å². The maximum Gasteiger partial charge on any atom is 0.485 e. The predicted molar refractivity (Wildman–Crippen MR) is 109 cm³/mol. The van der Waals surface area contributed by atoms with Crippen LogP contribution in [0, 0.1) is 0 Å². The number of fused-ring (bicyclic) bond motifs is 3. The van der Waals surface area contributed by atoms with E-state index in [4.69, 9.17) is 9.47 Å². The molecule has 27 heavy (non-hydrogen) atoms. The van der Waals surface area contributed by atoms with Gasteiger partial charge in [-0.25, -0.2) is 4.79 Å². The molecule has 4 heteroatoms. The number of unbranched alkanes of at least 4 members (excludes halogenated alkanes) is 1. The summed E-state index contributed by atoms with van der Waals surface area (Å²) in [7, 11) is 0. The van der Waals surface area contributed by atoms with Gasteiger partial charge in [-0.15, -0.1) is 0 Å². The summed E-state index contributed by atoms with van der Waals surface area (Å²) in [6.45, 7) is 5.32. The Morgan fingerprint density at radius 2 is 1.74 bits per heavy atom. The fraction of sp³-hybridized carbons (Fsp3) is 0.217. The van der Waals surface area contributed by atoms with Crippen LogP contribution in [0.4, 0.5) is 0 Å². The first-order valence-electron chi connectivity index (χ1n) is 9.02. The van der Waals surface area contributed by atoms with Gasteiger partial charge in [0.05, 0.1) is 13.5 Å². The maximum absolute atomic E-state index is 11.0. The summed E-state index contributed by atoms with van der Waals surface area (Å²) in [5.74, 6) is 0.183. The number of esters is 2. The molecule has 0 unspecified atom stereocenters. The molecule has 0 bridgehead atoms. The van der Waals surface area contributed by atoms with Crippen LogP contribution in [0.2, 0.25) is 0 Å². The number of carbonyl (C=O) groups is 1. The van der Waals surface area contributed by atoms with Crippen molar-refractivity contribution in [3.05, 3.63) is 66.7 Å². The molecule has 0 radical (unpaired) electrons. The van der Waals surface area contributed by atoms with Gasteiger partial charge >= 0.3 is 11.9 Å². The highest BCUT2D eigenvalue weighted by Crippen LogP contribution is 2.29. The molecule has 1 N–H and O–H groups in total. The Kier molecular flexibility index (Phi) is 5.87. The van der Waals surface area contributed by atoms with E-state index in [1.165, 1.54) is 29.3 Å². The molecule has 3 aromatic carbocycles. The van der Waals surface area contributed by atoms with Gasteiger partial charge in [-0.05, 0) is 52.4 Å². The van der Waals surface area contributed by atoms with Crippen molar-refractivity contribution in [2.24, 2.45) is 0 Å². The first-order chi connectivity index (χ1) is 13.1. The lowest BCUT2D eigenvalue weighted by Crippen LogP contribution is -2.02. The molecule has 4 nitrogen and oxygen atoms in total. The highest BCUT2D eigenvalue weighted by molar-refractivity contribution is 6.08. The lowest BCUT2D eigenvalue weighted by Gasteiger charge is -2.07. The van der Waals surface area contributed by atoms with E-state index < -0.39 is 0 Å². The molecular formula is C23H23O4+. The molecule has 0 amide bonds. The van der Waals surface area contributed by atoms with Crippen molar-refractivity contribution < 1.29 is 19.1 Å². The van der Waals surface area contributed by atoms with Gasteiger partial charge in [-0.3, -0.25) is 4.74 Å². The summed E-state index contributed by atoms with van der Waals surface area (Å²) in [4.78, 5) is 20.3. The van der Waals surface area contributed by atoms with Crippen molar-refractivity contribution in [3.8, 4) is 5.75 Å². The Hall–Kier alpha value is -3.14. The van der Waals surface area contributed by atoms with Crippen molar-refractivity contribution in [1.29, 1.82) is 0 Å². The Morgan fingerprint density at radius 3 is 2.44 bits per heavy atom. The van der Waals surface area contributed by atoms with Crippen molar-refractivity contribution in [2.45, 2.75) is 26.2 Å². The van der Waals surface area contributed by atoms with Crippen molar-refractivity contribution >= 4 is 33.5 Å². The number of carbonyl (C=O) groups excluding carboxylic acids is 2. The van der Waals surface area contributed by atoms with Gasteiger partial charge in [0.2, 0.25) is 5.75 Å². The standard InChI is InChI=1S/C23H22O4/c1-3-23(25)26-13-5-4-6-17-7-11-21-18(14-17)8-9-19-15-20(27-16(2)24)10-12-22(19)21/h3,7-12,14-15H,1,4-6,13H2,2H3/p+1. The number of hydrogen-bond acceptors (Lipinski definition) is 3. The van der Waals surface area contributed by atoms with Crippen molar-refractivity contribution in [3.63, 3.8) is 0 Å². The van der Waals surface area contributed by atoms with Gasteiger partial charge in [-0.1, -0.05) is 36.9 Å². The second-order valence-electron chi connectivity index (χ2n) is 6.45. The third kappa shape index (κ3) is 4.73. The van der Waals surface area contributed by atoms with Gasteiger partial charge in [-0.2, -0.15) is 0 Å². The zero-order chi connectivity index (χ0) is 19.2. The summed E-state index contributed by atoms with van der Waals surface area (Å²) in [5, 5.41) is 4.60. The number of rotatable bonds is 7. The molecule has 0 atom stereocenters. The number of hydrogen-bond donors (Lipinski definition) is 0. The first kappa shape index (κ1) is 18.6. The van der Waals surface area contributed by atoms with Crippen LogP contribution in [-0.4, -0.2) is 23.3 Å². The molecule has 0 fully saturated rings. The van der Waals surface area contributed by atoms with E-state index in [9.17, 15) is 9.59 Å². The fourth-order valence-electron chi connectivity index (χ4n) is 3.15. The Morgan fingerprint density at radius 1 is 1.04 bits per heavy atom. The molecular weight excluding hydrogens is 340 g/mol. The largest absolute Gasteiger partial charge is 0.485 e. The number of benzene rings is 3. The normalized spacial score (nSPS) is 10.7. The van der Waals surface area contributed by atoms with Crippen LogP contribution in [0.5, 0.6) is 5.75 Å². The minimum atomic E-state index is -0.367. The molecule has 3 aromatic rings. The molecule has 0 heterocycles. The smallest absolute Gasteiger partial charge is 0.463 e. The minimum Gasteiger partial charge on any atom is -0.463 e. The zero-order valence-corrected chi connectivity index (χ0v) is 15.4. The van der Waals surface area contributed by atoms with Crippen LogP contribution in [0.3, 0.4) is 0 Å². The maximum atomic E-state index is 11.0. The van der Waals surface area contributed by atoms with E-state index in [-0.39, 0.29) is 11.9 Å². The number of ether oxygens (including phenoxy) is 2. The second-order valence-corrected chi connectivity index (χ2v) is 6.45. The SMILES string of the molecule is C=CC(=O)OCCCCc1ccc2c(ccc3cc(OC(C)=[OH+])ccc32)c1. The number of aryl methyl sites for hydroxylation is 1. The summed E-state index contributed by atoms with van der Waals surface area (Å²) >= 11 is 0. The van der Waals surface area contributed by atoms with E-state index in [0.717, 1.165) is 30.0 Å². The van der Waals surface area contributed by atoms with Gasteiger partial charge in [0, 0.05) is 18.2 Å². The summed E-state index contributed by atoms with van der Waals surface area (Å²) in [5.41, 5.74) is 1.27. The molecule has 0 saturated heterocycles. The molecule has 0 aromatic heterocycles. The van der Waals surface area contributed by atoms with Gasteiger partial charge in [0.15, 0.2) is 0 Å². The van der Waals surface area contributed by atoms with E-state index >= 15 is 0 Å². The first-order valence-corrected chi connectivity index (χ1v) is 9.02. The average molecular weight is 363 g/mol. The lowest BCUT2D eigenvalue weighted by molar-refractivity contribution is -0.137. The van der Waals surface area contributed by atoms with E-state index in [0.29, 0.717) is 12.4 Å². The highest BCUT2D eigenvalue weighted by atomic mass is 16.5. The topological polar surface area (TPSA) is 56.9 Å². The van der Waals surface area contributed by atoms with Crippen molar-refractivity contribution in [2.75, 3.05) is 6.61 Å². The molecule has 0 aliphatic rings. The van der Waals surface area contributed by atoms with Crippen LogP contribution < -0.4 is 4.74 Å². The van der Waals surface area contributed by atoms with Crippen LogP contribution in [0.1, 0.15) is 25.3 Å². The molecule has 3 rings (SSSR count). The third-order valence-corrected chi connectivity index (χ3v) is 4.41. The highest BCUT2D eigenvalue weighted by Gasteiger charge is 2.09. The third-order valence-electron chi connectivity index (χ3n) is 4.41. The second kappa shape index (κ2) is 8.49. The molecule has 0 saturated carbocycles. The molecule has 138 valence electrons. The van der Waals surface area contributed by atoms with Crippen LogP contribution in [0.15, 0.2) is 61.2 Å². The summed E-state index contributed by atoms with van der Waals surface area (Å²) in [6.07, 6.45) is 3.92. The average Bonchev–Trinajstić information content (AvgIpc) is 2.66. The fourth-order valence-corrected chi connectivity index (χ4v) is 3.15.